The summed E-state index contributed by atoms with van der Waals surface area (Å²) in [6, 6.07) is 2.98. The Hall–Kier alpha value is -1.49. The maximum absolute atomic E-state index is 13.0. The molecule has 2 N–H and O–H groups in total. The Balaban J connectivity index is 2.67. The number of carbonyl (C=O) groups is 1. The van der Waals surface area contributed by atoms with E-state index >= 15 is 0 Å². The summed E-state index contributed by atoms with van der Waals surface area (Å²) in [5.41, 5.74) is 0.482. The van der Waals surface area contributed by atoms with E-state index in [1.54, 1.807) is 7.05 Å². The van der Waals surface area contributed by atoms with Crippen LogP contribution in [-0.4, -0.2) is 19.0 Å². The fraction of sp³-hybridized carbons (Fsp3) is 0.500. The number of carbonyl (C=O) groups excluding carboxylic acids is 1. The van der Waals surface area contributed by atoms with Gasteiger partial charge in [0.05, 0.1) is 6.04 Å². The molecule has 0 fully saturated rings. The third-order valence-electron chi connectivity index (χ3n) is 2.74. The summed E-state index contributed by atoms with van der Waals surface area (Å²) in [5.74, 6) is -1.00. The van der Waals surface area contributed by atoms with Gasteiger partial charge in [0.1, 0.15) is 11.6 Å². The van der Waals surface area contributed by atoms with Gasteiger partial charge in [-0.3, -0.25) is 4.79 Å². The second-order valence-electron chi connectivity index (χ2n) is 4.95. The van der Waals surface area contributed by atoms with E-state index in [1.165, 1.54) is 12.1 Å². The lowest BCUT2D eigenvalue weighted by atomic mass is 10.0. The summed E-state index contributed by atoms with van der Waals surface area (Å²) in [6.45, 7) is 4.28. The van der Waals surface area contributed by atoms with Crippen LogP contribution in [0, 0.1) is 17.6 Å². The third kappa shape index (κ3) is 5.34. The van der Waals surface area contributed by atoms with Gasteiger partial charge in [0.25, 0.3) is 0 Å². The largest absolute Gasteiger partial charge is 0.358 e. The molecule has 1 rings (SSSR count). The molecular weight excluding hydrogens is 250 g/mol. The minimum Gasteiger partial charge on any atom is -0.358 e. The van der Waals surface area contributed by atoms with Crippen molar-refractivity contribution in [3.8, 4) is 0 Å². The van der Waals surface area contributed by atoms with Crippen molar-refractivity contribution < 1.29 is 13.6 Å². The van der Waals surface area contributed by atoms with E-state index in [2.05, 4.69) is 10.6 Å². The van der Waals surface area contributed by atoms with E-state index in [0.717, 1.165) is 6.07 Å². The maximum atomic E-state index is 13.0. The molecule has 0 aliphatic carbocycles. The molecule has 106 valence electrons. The van der Waals surface area contributed by atoms with Crippen molar-refractivity contribution in [1.29, 1.82) is 0 Å². The Bertz CT molecular complexity index is 415. The molecule has 1 unspecified atom stereocenters. The van der Waals surface area contributed by atoms with Crippen molar-refractivity contribution >= 4 is 5.91 Å². The van der Waals surface area contributed by atoms with Crippen LogP contribution < -0.4 is 10.6 Å². The summed E-state index contributed by atoms with van der Waals surface area (Å²) in [6.07, 6.45) is 0.664. The highest BCUT2D eigenvalue weighted by Crippen LogP contribution is 2.10. The van der Waals surface area contributed by atoms with Crippen LogP contribution in [0.2, 0.25) is 0 Å². The lowest BCUT2D eigenvalue weighted by Gasteiger charge is -2.19. The van der Waals surface area contributed by atoms with Crippen LogP contribution in [0.25, 0.3) is 0 Å². The number of amides is 1. The van der Waals surface area contributed by atoms with Crippen LogP contribution in [0.15, 0.2) is 18.2 Å². The SMILES string of the molecule is CNC(=O)C(CC(C)C)NCc1cc(F)cc(F)c1. The normalized spacial score (nSPS) is 12.5. The highest BCUT2D eigenvalue weighted by atomic mass is 19.1. The molecule has 5 heteroatoms. The number of hydrogen-bond acceptors (Lipinski definition) is 2. The van der Waals surface area contributed by atoms with Gasteiger partial charge in [0, 0.05) is 19.7 Å². The van der Waals surface area contributed by atoms with Gasteiger partial charge in [-0.15, -0.1) is 0 Å². The van der Waals surface area contributed by atoms with Gasteiger partial charge in [-0.2, -0.15) is 0 Å². The molecule has 0 aromatic heterocycles. The fourth-order valence-corrected chi connectivity index (χ4v) is 1.88. The van der Waals surface area contributed by atoms with Crippen LogP contribution in [0.3, 0.4) is 0 Å². The fourth-order valence-electron chi connectivity index (χ4n) is 1.88. The number of benzene rings is 1. The second-order valence-corrected chi connectivity index (χ2v) is 4.95. The summed E-state index contributed by atoms with van der Waals surface area (Å²) in [7, 11) is 1.57. The van der Waals surface area contributed by atoms with E-state index < -0.39 is 11.6 Å². The maximum Gasteiger partial charge on any atom is 0.236 e. The number of halogens is 2. The predicted molar refractivity (Wildman–Crippen MR) is 70.5 cm³/mol. The van der Waals surface area contributed by atoms with Gasteiger partial charge in [-0.25, -0.2) is 8.78 Å². The lowest BCUT2D eigenvalue weighted by Crippen LogP contribution is -2.43. The quantitative estimate of drug-likeness (QED) is 0.832. The number of rotatable bonds is 6. The first kappa shape index (κ1) is 15.6. The zero-order valence-corrected chi connectivity index (χ0v) is 11.5. The van der Waals surface area contributed by atoms with Crippen molar-refractivity contribution in [2.24, 2.45) is 5.92 Å². The van der Waals surface area contributed by atoms with Crippen LogP contribution >= 0.6 is 0 Å². The van der Waals surface area contributed by atoms with Crippen molar-refractivity contribution in [2.75, 3.05) is 7.05 Å². The van der Waals surface area contributed by atoms with E-state index in [1.807, 2.05) is 13.8 Å². The Kier molecular flexibility index (Phi) is 5.89. The Morgan fingerprint density at radius 1 is 1.21 bits per heavy atom. The van der Waals surface area contributed by atoms with Crippen LogP contribution in [-0.2, 0) is 11.3 Å². The molecule has 3 nitrogen and oxygen atoms in total. The molecule has 1 aromatic carbocycles. The summed E-state index contributed by atoms with van der Waals surface area (Å²) in [4.78, 5) is 11.7. The van der Waals surface area contributed by atoms with Crippen molar-refractivity contribution in [2.45, 2.75) is 32.9 Å². The first-order valence-corrected chi connectivity index (χ1v) is 6.32. The first-order chi connectivity index (χ1) is 8.92. The smallest absolute Gasteiger partial charge is 0.236 e. The summed E-state index contributed by atoms with van der Waals surface area (Å²) in [5, 5.41) is 5.61. The lowest BCUT2D eigenvalue weighted by molar-refractivity contribution is -0.123. The molecule has 1 amide bonds. The Morgan fingerprint density at radius 2 is 1.79 bits per heavy atom. The topological polar surface area (TPSA) is 41.1 Å². The molecule has 0 aliphatic heterocycles. The van der Waals surface area contributed by atoms with Gasteiger partial charge in [-0.1, -0.05) is 13.8 Å². The molecular formula is C14H20F2N2O. The molecule has 0 aliphatic rings. The van der Waals surface area contributed by atoms with Crippen molar-refractivity contribution in [1.82, 2.24) is 10.6 Å². The predicted octanol–water partition coefficient (Wildman–Crippen LogP) is 2.22. The van der Waals surface area contributed by atoms with E-state index in [9.17, 15) is 13.6 Å². The molecule has 1 aromatic rings. The van der Waals surface area contributed by atoms with E-state index in [0.29, 0.717) is 17.9 Å². The van der Waals surface area contributed by atoms with Gasteiger partial charge in [-0.05, 0) is 30.0 Å². The van der Waals surface area contributed by atoms with Gasteiger partial charge < -0.3 is 10.6 Å². The van der Waals surface area contributed by atoms with Gasteiger partial charge in [0.15, 0.2) is 0 Å². The molecule has 0 saturated heterocycles. The van der Waals surface area contributed by atoms with Crippen LogP contribution in [0.5, 0.6) is 0 Å². The monoisotopic (exact) mass is 270 g/mol. The number of nitrogens with one attached hydrogen (secondary N) is 2. The van der Waals surface area contributed by atoms with Gasteiger partial charge >= 0.3 is 0 Å². The van der Waals surface area contributed by atoms with Gasteiger partial charge in [0.2, 0.25) is 5.91 Å². The van der Waals surface area contributed by atoms with E-state index in [4.69, 9.17) is 0 Å². The third-order valence-corrected chi connectivity index (χ3v) is 2.74. The first-order valence-electron chi connectivity index (χ1n) is 6.32. The summed E-state index contributed by atoms with van der Waals surface area (Å²) < 4.78 is 26.1. The molecule has 0 bridgehead atoms. The molecule has 0 heterocycles. The average molecular weight is 270 g/mol. The zero-order chi connectivity index (χ0) is 14.4. The number of likely N-dealkylation sites (N-methyl/N-ethyl adjacent to an activating group) is 1. The standard InChI is InChI=1S/C14H20F2N2O/c1-9(2)4-13(14(19)17-3)18-8-10-5-11(15)7-12(16)6-10/h5-7,9,13,18H,4,8H2,1-3H3,(H,17,19). The van der Waals surface area contributed by atoms with E-state index in [-0.39, 0.29) is 18.5 Å². The minimum atomic E-state index is -0.614. The zero-order valence-electron chi connectivity index (χ0n) is 11.5. The second kappa shape index (κ2) is 7.19. The highest BCUT2D eigenvalue weighted by Gasteiger charge is 2.17. The highest BCUT2D eigenvalue weighted by molar-refractivity contribution is 5.81. The number of hydrogen-bond donors (Lipinski definition) is 2. The summed E-state index contributed by atoms with van der Waals surface area (Å²) >= 11 is 0. The molecule has 1 atom stereocenters. The molecule has 0 radical (unpaired) electrons. The average Bonchev–Trinajstić information content (AvgIpc) is 2.31. The van der Waals surface area contributed by atoms with Crippen LogP contribution in [0.1, 0.15) is 25.8 Å². The van der Waals surface area contributed by atoms with Crippen molar-refractivity contribution in [3.05, 3.63) is 35.4 Å². The minimum absolute atomic E-state index is 0.120. The van der Waals surface area contributed by atoms with Crippen LogP contribution in [0.4, 0.5) is 8.78 Å². The Morgan fingerprint density at radius 3 is 2.26 bits per heavy atom. The molecule has 0 spiro atoms. The van der Waals surface area contributed by atoms with Crippen molar-refractivity contribution in [3.63, 3.8) is 0 Å². The molecule has 19 heavy (non-hydrogen) atoms. The Labute approximate surface area is 112 Å². The molecule has 0 saturated carbocycles.